The van der Waals surface area contributed by atoms with E-state index in [1.807, 2.05) is 26.4 Å². The van der Waals surface area contributed by atoms with Gasteiger partial charge in [0.2, 0.25) is 5.91 Å². The molecule has 0 bridgehead atoms. The van der Waals surface area contributed by atoms with Gasteiger partial charge in [0.15, 0.2) is 0 Å². The molecule has 2 fully saturated rings. The molecule has 2 aliphatic heterocycles. The number of thioether (sulfide) groups is 1. The zero-order valence-electron chi connectivity index (χ0n) is 19.1. The van der Waals surface area contributed by atoms with Gasteiger partial charge >= 0.3 is 0 Å². The van der Waals surface area contributed by atoms with Crippen molar-refractivity contribution in [3.8, 4) is 0 Å². The van der Waals surface area contributed by atoms with Gasteiger partial charge < -0.3 is 35.3 Å². The van der Waals surface area contributed by atoms with Gasteiger partial charge in [0.05, 0.1) is 18.4 Å². The lowest BCUT2D eigenvalue weighted by atomic mass is 9.86. The molecule has 0 aromatic carbocycles. The van der Waals surface area contributed by atoms with E-state index in [-0.39, 0.29) is 17.9 Å². The first-order valence-electron chi connectivity index (χ1n) is 11.5. The first-order chi connectivity index (χ1) is 15.3. The molecule has 8 unspecified atom stereocenters. The monoisotopic (exact) mass is 470 g/mol. The highest BCUT2D eigenvalue weighted by Crippen LogP contribution is 2.30. The predicted molar refractivity (Wildman–Crippen MR) is 123 cm³/mol. The lowest BCUT2D eigenvalue weighted by molar-refractivity contribution is -0.208. The minimum atomic E-state index is -1.32. The number of piperidine rings is 1. The number of rotatable bonds is 9. The second-order valence-electron chi connectivity index (χ2n) is 9.29. The number of carbonyl (C=O) groups is 1. The predicted octanol–water partition coefficient (Wildman–Crippen LogP) is 0.343. The molecule has 1 amide bonds. The Hall–Kier alpha value is -1.17. The number of hydrogen-bond acceptors (Lipinski definition) is 8. The van der Waals surface area contributed by atoms with Crippen LogP contribution in [0.2, 0.25) is 0 Å². The molecule has 5 N–H and O–H groups in total. The fourth-order valence-corrected chi connectivity index (χ4v) is 5.38. The van der Waals surface area contributed by atoms with Crippen LogP contribution in [0.5, 0.6) is 0 Å². The van der Waals surface area contributed by atoms with Crippen LogP contribution in [0, 0.1) is 11.8 Å². The minimum Gasteiger partial charge on any atom is -0.388 e. The number of ether oxygens (including phenoxy) is 1. The lowest BCUT2D eigenvalue weighted by Crippen LogP contribution is -2.65. The normalized spacial score (nSPS) is 34.4. The summed E-state index contributed by atoms with van der Waals surface area (Å²) in [7, 11) is 0. The Morgan fingerprint density at radius 3 is 2.75 bits per heavy atom. The fourth-order valence-electron chi connectivity index (χ4n) is 4.70. The third-order valence-electron chi connectivity index (χ3n) is 6.64. The number of hydrogen-bond donors (Lipinski definition) is 5. The van der Waals surface area contributed by atoms with Crippen LogP contribution in [0.4, 0.5) is 0 Å². The Balaban J connectivity index is 1.56. The van der Waals surface area contributed by atoms with E-state index in [0.29, 0.717) is 5.92 Å². The molecule has 9 nitrogen and oxygen atoms in total. The van der Waals surface area contributed by atoms with E-state index in [2.05, 4.69) is 20.2 Å². The molecule has 3 rings (SSSR count). The number of aliphatic hydroxyl groups excluding tert-OH is 3. The second-order valence-corrected chi connectivity index (χ2v) is 10.2. The smallest absolute Gasteiger partial charge is 0.237 e. The summed E-state index contributed by atoms with van der Waals surface area (Å²) >= 11 is 1.27. The SMILES string of the molecule is CSC1OC(C(NC(=O)C2CC(CCCn3ccnc3)CCN2)C(C)C)C(O)C(O)C1O. The highest BCUT2D eigenvalue weighted by Gasteiger charge is 2.47. The molecule has 0 aliphatic carbocycles. The van der Waals surface area contributed by atoms with E-state index in [1.54, 1.807) is 12.5 Å². The van der Waals surface area contributed by atoms with Gasteiger partial charge in [-0.1, -0.05) is 13.8 Å². The quantitative estimate of drug-likeness (QED) is 0.350. The van der Waals surface area contributed by atoms with Crippen LogP contribution in [0.25, 0.3) is 0 Å². The van der Waals surface area contributed by atoms with Crippen molar-refractivity contribution in [3.63, 3.8) is 0 Å². The Morgan fingerprint density at radius 1 is 1.31 bits per heavy atom. The summed E-state index contributed by atoms with van der Waals surface area (Å²) in [5, 5.41) is 37.4. The summed E-state index contributed by atoms with van der Waals surface area (Å²) in [4.78, 5) is 17.2. The summed E-state index contributed by atoms with van der Waals surface area (Å²) in [6.07, 6.45) is 6.67. The van der Waals surface area contributed by atoms with E-state index in [9.17, 15) is 20.1 Å². The van der Waals surface area contributed by atoms with E-state index >= 15 is 0 Å². The molecular formula is C22H38N4O5S. The second kappa shape index (κ2) is 11.8. The number of imidazole rings is 1. The number of aryl methyl sites for hydroxylation is 1. The van der Waals surface area contributed by atoms with Crippen LogP contribution < -0.4 is 10.6 Å². The summed E-state index contributed by atoms with van der Waals surface area (Å²) in [6.45, 7) is 5.61. The molecule has 0 saturated carbocycles. The molecule has 1 aromatic rings. The van der Waals surface area contributed by atoms with Crippen molar-refractivity contribution in [3.05, 3.63) is 18.7 Å². The topological polar surface area (TPSA) is 129 Å². The number of amides is 1. The maximum Gasteiger partial charge on any atom is 0.237 e. The fraction of sp³-hybridized carbons (Fsp3) is 0.818. The van der Waals surface area contributed by atoms with Crippen molar-refractivity contribution in [1.82, 2.24) is 20.2 Å². The van der Waals surface area contributed by atoms with Crippen molar-refractivity contribution in [2.24, 2.45) is 11.8 Å². The van der Waals surface area contributed by atoms with Crippen LogP contribution in [0.1, 0.15) is 39.5 Å². The van der Waals surface area contributed by atoms with Gasteiger partial charge in [-0.2, -0.15) is 0 Å². The van der Waals surface area contributed by atoms with Crippen molar-refractivity contribution in [1.29, 1.82) is 0 Å². The molecule has 1 aromatic heterocycles. The number of aromatic nitrogens is 2. The number of nitrogens with one attached hydrogen (secondary N) is 2. The molecule has 0 spiro atoms. The van der Waals surface area contributed by atoms with E-state index in [1.165, 1.54) is 11.8 Å². The van der Waals surface area contributed by atoms with Gasteiger partial charge in [-0.3, -0.25) is 4.79 Å². The van der Waals surface area contributed by atoms with Gasteiger partial charge in [0, 0.05) is 18.9 Å². The van der Waals surface area contributed by atoms with Crippen molar-refractivity contribution < 1.29 is 24.9 Å². The zero-order chi connectivity index (χ0) is 23.3. The van der Waals surface area contributed by atoms with Crippen LogP contribution in [0.3, 0.4) is 0 Å². The molecule has 2 saturated heterocycles. The van der Waals surface area contributed by atoms with Crippen LogP contribution >= 0.6 is 11.8 Å². The van der Waals surface area contributed by atoms with Crippen LogP contribution in [-0.4, -0.2) is 85.5 Å². The third-order valence-corrected chi connectivity index (χ3v) is 7.49. The molecular weight excluding hydrogens is 432 g/mol. The maximum absolute atomic E-state index is 13.1. The molecule has 0 radical (unpaired) electrons. The van der Waals surface area contributed by atoms with Crippen molar-refractivity contribution >= 4 is 17.7 Å². The van der Waals surface area contributed by atoms with Crippen molar-refractivity contribution in [2.45, 2.75) is 88.0 Å². The molecule has 182 valence electrons. The highest BCUT2D eigenvalue weighted by molar-refractivity contribution is 7.99. The molecule has 8 atom stereocenters. The number of aliphatic hydroxyl groups is 3. The summed E-state index contributed by atoms with van der Waals surface area (Å²) in [5.41, 5.74) is -0.663. The largest absolute Gasteiger partial charge is 0.388 e. The average molecular weight is 471 g/mol. The van der Waals surface area contributed by atoms with Gasteiger partial charge in [-0.05, 0) is 50.3 Å². The van der Waals surface area contributed by atoms with Gasteiger partial charge in [0.25, 0.3) is 0 Å². The minimum absolute atomic E-state index is 0.0295. The van der Waals surface area contributed by atoms with Gasteiger partial charge in [-0.15, -0.1) is 11.8 Å². The van der Waals surface area contributed by atoms with E-state index < -0.39 is 35.9 Å². The van der Waals surface area contributed by atoms with Crippen LogP contribution in [-0.2, 0) is 16.1 Å². The third kappa shape index (κ3) is 6.24. The molecule has 2 aliphatic rings. The molecule has 32 heavy (non-hydrogen) atoms. The Morgan fingerprint density at radius 2 is 2.09 bits per heavy atom. The molecule has 3 heterocycles. The highest BCUT2D eigenvalue weighted by atomic mass is 32.2. The standard InChI is InChI=1S/C22H38N4O5S/c1-13(2)16(20-18(28)17(27)19(29)22(31-20)32-3)25-21(30)15-11-14(6-7-24-15)5-4-9-26-10-8-23-12-26/h8,10,12-20,22,24,27-29H,4-7,9,11H2,1-3H3,(H,25,30). The maximum atomic E-state index is 13.1. The van der Waals surface area contributed by atoms with Crippen molar-refractivity contribution in [2.75, 3.05) is 12.8 Å². The number of nitrogens with zero attached hydrogens (tertiary/aromatic N) is 2. The summed E-state index contributed by atoms with van der Waals surface area (Å²) in [6, 6.07) is -0.784. The lowest BCUT2D eigenvalue weighted by Gasteiger charge is -2.44. The first-order valence-corrected chi connectivity index (χ1v) is 12.8. The Bertz CT molecular complexity index is 705. The van der Waals surface area contributed by atoms with Gasteiger partial charge in [0.1, 0.15) is 29.9 Å². The van der Waals surface area contributed by atoms with Crippen LogP contribution in [0.15, 0.2) is 18.7 Å². The van der Waals surface area contributed by atoms with Gasteiger partial charge in [-0.25, -0.2) is 4.98 Å². The zero-order valence-corrected chi connectivity index (χ0v) is 19.9. The summed E-state index contributed by atoms with van der Waals surface area (Å²) < 4.78 is 7.98. The number of carbonyl (C=O) groups excluding carboxylic acids is 1. The summed E-state index contributed by atoms with van der Waals surface area (Å²) in [5.74, 6) is 0.334. The average Bonchev–Trinajstić information content (AvgIpc) is 3.30. The van der Waals surface area contributed by atoms with E-state index in [4.69, 9.17) is 4.74 Å². The first kappa shape index (κ1) is 25.5. The Labute approximate surface area is 194 Å². The van der Waals surface area contributed by atoms with E-state index in [0.717, 1.165) is 38.8 Å². The molecule has 10 heteroatoms. The Kier molecular flexibility index (Phi) is 9.39.